The molecule has 0 saturated heterocycles. The van der Waals surface area contributed by atoms with Crippen LogP contribution in [0.5, 0.6) is 5.75 Å². The molecule has 23 heavy (non-hydrogen) atoms. The van der Waals surface area contributed by atoms with Crippen LogP contribution in [0, 0.1) is 6.92 Å². The van der Waals surface area contributed by atoms with Crippen LogP contribution in [0.3, 0.4) is 0 Å². The first-order valence-electron chi connectivity index (χ1n) is 7.20. The summed E-state index contributed by atoms with van der Waals surface area (Å²) in [7, 11) is 0. The quantitative estimate of drug-likeness (QED) is 0.574. The van der Waals surface area contributed by atoms with Gasteiger partial charge in [0.05, 0.1) is 6.21 Å². The van der Waals surface area contributed by atoms with Crippen LogP contribution in [0.15, 0.2) is 59.0 Å². The number of fused-ring (bicyclic) bond motifs is 1. The van der Waals surface area contributed by atoms with E-state index >= 15 is 0 Å². The van der Waals surface area contributed by atoms with Crippen molar-refractivity contribution in [2.24, 2.45) is 5.10 Å². The fourth-order valence-corrected chi connectivity index (χ4v) is 2.90. The summed E-state index contributed by atoms with van der Waals surface area (Å²) in [6, 6.07) is 15.8. The molecule has 5 heteroatoms. The number of ether oxygens (including phenoxy) is 1. The van der Waals surface area contributed by atoms with E-state index in [9.17, 15) is 4.79 Å². The summed E-state index contributed by atoms with van der Waals surface area (Å²) >= 11 is 1.58. The first-order chi connectivity index (χ1) is 11.2. The fourth-order valence-electron chi connectivity index (χ4n) is 2.12. The maximum absolute atomic E-state index is 11.7. The van der Waals surface area contributed by atoms with E-state index in [1.165, 1.54) is 0 Å². The maximum Gasteiger partial charge on any atom is 0.277 e. The number of amides is 1. The van der Waals surface area contributed by atoms with Crippen molar-refractivity contribution in [1.82, 2.24) is 5.43 Å². The monoisotopic (exact) mass is 324 g/mol. The number of thiophene rings is 1. The summed E-state index contributed by atoms with van der Waals surface area (Å²) in [6.45, 7) is 1.93. The normalized spacial score (nSPS) is 11.0. The molecule has 0 bridgehead atoms. The molecule has 2 aromatic carbocycles. The summed E-state index contributed by atoms with van der Waals surface area (Å²) in [5, 5.41) is 8.15. The molecule has 0 atom stereocenters. The third kappa shape index (κ3) is 3.96. The average Bonchev–Trinajstić information content (AvgIpc) is 2.98. The van der Waals surface area contributed by atoms with Crippen LogP contribution >= 0.6 is 11.3 Å². The van der Waals surface area contributed by atoms with Crippen molar-refractivity contribution >= 4 is 34.2 Å². The first kappa shape index (κ1) is 15.2. The Kier molecular flexibility index (Phi) is 4.68. The highest BCUT2D eigenvalue weighted by Gasteiger charge is 2.03. The SMILES string of the molecule is Cc1ccsc1C=NNC(=O)COc1ccc2ccccc2c1. The lowest BCUT2D eigenvalue weighted by atomic mass is 10.1. The second-order valence-electron chi connectivity index (χ2n) is 5.06. The van der Waals surface area contributed by atoms with Crippen molar-refractivity contribution in [1.29, 1.82) is 0 Å². The molecule has 1 heterocycles. The van der Waals surface area contributed by atoms with E-state index in [1.807, 2.05) is 60.8 Å². The van der Waals surface area contributed by atoms with Gasteiger partial charge < -0.3 is 4.74 Å². The van der Waals surface area contributed by atoms with Gasteiger partial charge in [0.1, 0.15) is 5.75 Å². The van der Waals surface area contributed by atoms with E-state index < -0.39 is 0 Å². The minimum Gasteiger partial charge on any atom is -0.484 e. The molecule has 0 aliphatic carbocycles. The largest absolute Gasteiger partial charge is 0.484 e. The van der Waals surface area contributed by atoms with E-state index in [0.717, 1.165) is 21.2 Å². The molecule has 0 aliphatic heterocycles. The van der Waals surface area contributed by atoms with Gasteiger partial charge in [-0.15, -0.1) is 11.3 Å². The van der Waals surface area contributed by atoms with Crippen molar-refractivity contribution < 1.29 is 9.53 Å². The predicted octanol–water partition coefficient (Wildman–Crippen LogP) is 3.74. The van der Waals surface area contributed by atoms with Gasteiger partial charge in [0, 0.05) is 4.88 Å². The number of nitrogens with one attached hydrogen (secondary N) is 1. The van der Waals surface area contributed by atoms with Crippen LogP contribution in [-0.2, 0) is 4.79 Å². The van der Waals surface area contributed by atoms with E-state index in [1.54, 1.807) is 17.6 Å². The molecule has 116 valence electrons. The number of carbonyl (C=O) groups is 1. The smallest absolute Gasteiger partial charge is 0.277 e. The number of carbonyl (C=O) groups excluding carboxylic acids is 1. The summed E-state index contributed by atoms with van der Waals surface area (Å²) < 4.78 is 5.50. The lowest BCUT2D eigenvalue weighted by Gasteiger charge is -2.06. The zero-order valence-electron chi connectivity index (χ0n) is 12.7. The topological polar surface area (TPSA) is 50.7 Å². The highest BCUT2D eigenvalue weighted by atomic mass is 32.1. The van der Waals surface area contributed by atoms with Gasteiger partial charge in [0.15, 0.2) is 6.61 Å². The summed E-state index contributed by atoms with van der Waals surface area (Å²) in [4.78, 5) is 12.8. The molecule has 0 spiro atoms. The first-order valence-corrected chi connectivity index (χ1v) is 8.08. The third-order valence-electron chi connectivity index (χ3n) is 3.36. The molecule has 0 saturated carbocycles. The Bertz CT molecular complexity index is 855. The van der Waals surface area contributed by atoms with E-state index in [-0.39, 0.29) is 12.5 Å². The Morgan fingerprint density at radius 1 is 1.22 bits per heavy atom. The molecule has 0 radical (unpaired) electrons. The number of hydrogen-bond donors (Lipinski definition) is 1. The van der Waals surface area contributed by atoms with Crippen molar-refractivity contribution in [3.8, 4) is 5.75 Å². The Hall–Kier alpha value is -2.66. The van der Waals surface area contributed by atoms with Crippen LogP contribution in [0.25, 0.3) is 10.8 Å². The second-order valence-corrected chi connectivity index (χ2v) is 6.01. The number of hydrogen-bond acceptors (Lipinski definition) is 4. The molecule has 0 fully saturated rings. The number of nitrogens with zero attached hydrogens (tertiary/aromatic N) is 1. The Morgan fingerprint density at radius 2 is 2.04 bits per heavy atom. The predicted molar refractivity (Wildman–Crippen MR) is 94.2 cm³/mol. The van der Waals surface area contributed by atoms with Crippen LogP contribution < -0.4 is 10.2 Å². The molecule has 3 rings (SSSR count). The fraction of sp³-hybridized carbons (Fsp3) is 0.111. The number of hydrazone groups is 1. The molecule has 1 aromatic heterocycles. The van der Waals surface area contributed by atoms with Crippen molar-refractivity contribution in [3.63, 3.8) is 0 Å². The van der Waals surface area contributed by atoms with Gasteiger partial charge >= 0.3 is 0 Å². The van der Waals surface area contributed by atoms with Gasteiger partial charge in [-0.3, -0.25) is 4.79 Å². The zero-order chi connectivity index (χ0) is 16.1. The standard InChI is InChI=1S/C18H16N2O2S/c1-13-8-9-23-17(13)11-19-20-18(21)12-22-16-7-6-14-4-2-3-5-15(14)10-16/h2-11H,12H2,1H3,(H,20,21). The van der Waals surface area contributed by atoms with E-state index in [0.29, 0.717) is 5.75 Å². The van der Waals surface area contributed by atoms with Crippen molar-refractivity contribution in [2.75, 3.05) is 6.61 Å². The molecule has 1 amide bonds. The molecule has 0 aliphatic rings. The third-order valence-corrected chi connectivity index (χ3v) is 4.32. The van der Waals surface area contributed by atoms with E-state index in [2.05, 4.69) is 10.5 Å². The molecular formula is C18H16N2O2S. The van der Waals surface area contributed by atoms with Crippen LogP contribution in [0.4, 0.5) is 0 Å². The molecule has 0 unspecified atom stereocenters. The minimum atomic E-state index is -0.288. The highest BCUT2D eigenvalue weighted by Crippen LogP contribution is 2.20. The maximum atomic E-state index is 11.7. The van der Waals surface area contributed by atoms with Gasteiger partial charge in [-0.2, -0.15) is 5.10 Å². The second kappa shape index (κ2) is 7.07. The van der Waals surface area contributed by atoms with E-state index in [4.69, 9.17) is 4.74 Å². The van der Waals surface area contributed by atoms with Gasteiger partial charge in [-0.1, -0.05) is 30.3 Å². The number of benzene rings is 2. The van der Waals surface area contributed by atoms with Gasteiger partial charge in [0.2, 0.25) is 0 Å². The van der Waals surface area contributed by atoms with Crippen LogP contribution in [-0.4, -0.2) is 18.7 Å². The van der Waals surface area contributed by atoms with Crippen molar-refractivity contribution in [3.05, 3.63) is 64.4 Å². The van der Waals surface area contributed by atoms with Gasteiger partial charge in [0.25, 0.3) is 5.91 Å². The number of rotatable bonds is 5. The zero-order valence-corrected chi connectivity index (χ0v) is 13.5. The summed E-state index contributed by atoms with van der Waals surface area (Å²) in [6.07, 6.45) is 1.65. The Balaban J connectivity index is 1.53. The molecular weight excluding hydrogens is 308 g/mol. The summed E-state index contributed by atoms with van der Waals surface area (Å²) in [5.41, 5.74) is 3.61. The minimum absolute atomic E-state index is 0.0703. The van der Waals surface area contributed by atoms with Crippen LogP contribution in [0.1, 0.15) is 10.4 Å². The Morgan fingerprint density at radius 3 is 2.83 bits per heavy atom. The highest BCUT2D eigenvalue weighted by molar-refractivity contribution is 7.11. The average molecular weight is 324 g/mol. The Labute approximate surface area is 138 Å². The molecule has 3 aromatic rings. The number of aryl methyl sites for hydroxylation is 1. The van der Waals surface area contributed by atoms with Gasteiger partial charge in [-0.25, -0.2) is 5.43 Å². The van der Waals surface area contributed by atoms with Crippen molar-refractivity contribution in [2.45, 2.75) is 6.92 Å². The lowest BCUT2D eigenvalue weighted by Crippen LogP contribution is -2.24. The van der Waals surface area contributed by atoms with Crippen LogP contribution in [0.2, 0.25) is 0 Å². The van der Waals surface area contributed by atoms with Gasteiger partial charge in [-0.05, 0) is 46.8 Å². The molecule has 4 nitrogen and oxygen atoms in total. The lowest BCUT2D eigenvalue weighted by molar-refractivity contribution is -0.123. The summed E-state index contributed by atoms with van der Waals surface area (Å²) in [5.74, 6) is 0.376. The molecule has 1 N–H and O–H groups in total.